The van der Waals surface area contributed by atoms with Crippen molar-refractivity contribution in [3.8, 4) is 5.75 Å². The molecule has 3 saturated heterocycles. The topological polar surface area (TPSA) is 54.0 Å². The van der Waals surface area contributed by atoms with Crippen LogP contribution in [0.2, 0.25) is 0 Å². The molecule has 2 unspecified atom stereocenters. The van der Waals surface area contributed by atoms with E-state index in [0.29, 0.717) is 24.0 Å². The van der Waals surface area contributed by atoms with E-state index in [-0.39, 0.29) is 24.4 Å². The lowest BCUT2D eigenvalue weighted by molar-refractivity contribution is 0.0654. The summed E-state index contributed by atoms with van der Waals surface area (Å²) in [5, 5.41) is 3.39. The number of ether oxygens (including phenoxy) is 2. The smallest absolute Gasteiger partial charge is 0.257 e. The van der Waals surface area contributed by atoms with Gasteiger partial charge >= 0.3 is 0 Å². The Hall–Kier alpha value is -1.34. The van der Waals surface area contributed by atoms with Crippen LogP contribution in [0, 0.1) is 0 Å². The third-order valence-electron chi connectivity index (χ3n) is 5.68. The summed E-state index contributed by atoms with van der Waals surface area (Å²) in [7, 11) is 0. The second-order valence-corrected chi connectivity index (χ2v) is 7.42. The Bertz CT molecular complexity index is 618. The number of amides is 1. The highest BCUT2D eigenvalue weighted by atomic mass is 35.5. The first-order valence-corrected chi connectivity index (χ1v) is 9.89. The van der Waals surface area contributed by atoms with Gasteiger partial charge in [-0.1, -0.05) is 12.1 Å². The molecule has 0 aliphatic carbocycles. The highest BCUT2D eigenvalue weighted by Gasteiger charge is 2.32. The summed E-state index contributed by atoms with van der Waals surface area (Å²) in [6, 6.07) is 8.10. The zero-order valence-corrected chi connectivity index (χ0v) is 16.6. The Balaban J connectivity index is 0.00000210. The van der Waals surface area contributed by atoms with E-state index < -0.39 is 0 Å². The summed E-state index contributed by atoms with van der Waals surface area (Å²) in [6.07, 6.45) is 3.34. The Morgan fingerprint density at radius 3 is 2.78 bits per heavy atom. The third-order valence-corrected chi connectivity index (χ3v) is 5.68. The fraction of sp³-hybridized carbons (Fsp3) is 0.650. The second-order valence-electron chi connectivity index (χ2n) is 7.42. The second kappa shape index (κ2) is 9.73. The summed E-state index contributed by atoms with van der Waals surface area (Å²) in [5.74, 6) is 0.768. The molecule has 3 heterocycles. The summed E-state index contributed by atoms with van der Waals surface area (Å²) >= 11 is 0. The van der Waals surface area contributed by atoms with Crippen molar-refractivity contribution in [2.45, 2.75) is 31.4 Å². The standard InChI is InChI=1S/C20H29N3O3.ClH/c24-20(23-10-7-16(14-23)22-11-8-21-9-12-22)18-5-1-2-6-19(18)26-15-17-4-3-13-25-17;/h1-2,5-6,16-17,21H,3-4,7-15H2;1H. The summed E-state index contributed by atoms with van der Waals surface area (Å²) in [6.45, 7) is 7.23. The molecule has 0 saturated carbocycles. The van der Waals surface area contributed by atoms with Gasteiger partial charge in [-0.05, 0) is 31.4 Å². The van der Waals surface area contributed by atoms with E-state index in [4.69, 9.17) is 9.47 Å². The molecular formula is C20H30ClN3O3. The molecule has 1 amide bonds. The summed E-state index contributed by atoms with van der Waals surface area (Å²) in [5.41, 5.74) is 0.673. The maximum Gasteiger partial charge on any atom is 0.257 e. The molecule has 7 heteroatoms. The highest BCUT2D eigenvalue weighted by Crippen LogP contribution is 2.25. The zero-order valence-electron chi connectivity index (χ0n) is 15.8. The monoisotopic (exact) mass is 395 g/mol. The van der Waals surface area contributed by atoms with Crippen LogP contribution in [0.5, 0.6) is 5.75 Å². The average Bonchev–Trinajstić information content (AvgIpc) is 3.39. The van der Waals surface area contributed by atoms with Crippen LogP contribution in [0.4, 0.5) is 0 Å². The summed E-state index contributed by atoms with van der Waals surface area (Å²) < 4.78 is 11.6. The number of carbonyl (C=O) groups excluding carboxylic acids is 1. The van der Waals surface area contributed by atoms with E-state index in [1.807, 2.05) is 29.2 Å². The quantitative estimate of drug-likeness (QED) is 0.823. The van der Waals surface area contributed by atoms with Gasteiger partial charge in [0, 0.05) is 51.9 Å². The molecule has 1 aromatic carbocycles. The molecule has 1 aromatic rings. The number of hydrogen-bond acceptors (Lipinski definition) is 5. The molecule has 3 fully saturated rings. The largest absolute Gasteiger partial charge is 0.490 e. The molecular weight excluding hydrogens is 366 g/mol. The van der Waals surface area contributed by atoms with E-state index in [1.54, 1.807) is 0 Å². The van der Waals surface area contributed by atoms with Gasteiger partial charge in [-0.15, -0.1) is 12.4 Å². The maximum atomic E-state index is 13.1. The van der Waals surface area contributed by atoms with Crippen molar-refractivity contribution in [1.82, 2.24) is 15.1 Å². The lowest BCUT2D eigenvalue weighted by atomic mass is 10.1. The number of nitrogens with one attached hydrogen (secondary N) is 1. The van der Waals surface area contributed by atoms with Crippen molar-refractivity contribution >= 4 is 18.3 Å². The van der Waals surface area contributed by atoms with Crippen molar-refractivity contribution < 1.29 is 14.3 Å². The van der Waals surface area contributed by atoms with Crippen LogP contribution in [0.1, 0.15) is 29.6 Å². The van der Waals surface area contributed by atoms with Crippen LogP contribution >= 0.6 is 12.4 Å². The lowest BCUT2D eigenvalue weighted by Gasteiger charge is -2.32. The van der Waals surface area contributed by atoms with Gasteiger partial charge in [0.1, 0.15) is 12.4 Å². The number of para-hydroxylation sites is 1. The van der Waals surface area contributed by atoms with Gasteiger partial charge < -0.3 is 19.7 Å². The number of likely N-dealkylation sites (tertiary alicyclic amines) is 1. The van der Waals surface area contributed by atoms with Crippen LogP contribution in [-0.4, -0.2) is 80.3 Å². The van der Waals surface area contributed by atoms with Crippen LogP contribution in [0.25, 0.3) is 0 Å². The van der Waals surface area contributed by atoms with E-state index >= 15 is 0 Å². The Morgan fingerprint density at radius 2 is 2.00 bits per heavy atom. The van der Waals surface area contributed by atoms with Crippen LogP contribution in [-0.2, 0) is 4.74 Å². The van der Waals surface area contributed by atoms with Crippen LogP contribution < -0.4 is 10.1 Å². The molecule has 2 atom stereocenters. The van der Waals surface area contributed by atoms with Crippen molar-refractivity contribution in [3.63, 3.8) is 0 Å². The number of halogens is 1. The van der Waals surface area contributed by atoms with Crippen LogP contribution in [0.3, 0.4) is 0 Å². The normalized spacial score (nSPS) is 26.0. The molecule has 6 nitrogen and oxygen atoms in total. The number of nitrogens with zero attached hydrogens (tertiary/aromatic N) is 2. The van der Waals surface area contributed by atoms with Gasteiger partial charge in [0.15, 0.2) is 0 Å². The highest BCUT2D eigenvalue weighted by molar-refractivity contribution is 5.97. The minimum Gasteiger partial charge on any atom is -0.490 e. The Labute approximate surface area is 167 Å². The van der Waals surface area contributed by atoms with Gasteiger partial charge in [-0.3, -0.25) is 9.69 Å². The van der Waals surface area contributed by atoms with Crippen molar-refractivity contribution in [2.75, 3.05) is 52.5 Å². The number of benzene rings is 1. The molecule has 3 aliphatic heterocycles. The molecule has 0 spiro atoms. The molecule has 4 rings (SSSR count). The van der Waals surface area contributed by atoms with Gasteiger partial charge in [0.05, 0.1) is 11.7 Å². The van der Waals surface area contributed by atoms with Gasteiger partial charge in [-0.25, -0.2) is 0 Å². The molecule has 27 heavy (non-hydrogen) atoms. The molecule has 0 aromatic heterocycles. The average molecular weight is 396 g/mol. The van der Waals surface area contributed by atoms with Gasteiger partial charge in [-0.2, -0.15) is 0 Å². The molecule has 0 bridgehead atoms. The Morgan fingerprint density at radius 1 is 1.19 bits per heavy atom. The van der Waals surface area contributed by atoms with Crippen LogP contribution in [0.15, 0.2) is 24.3 Å². The number of rotatable bonds is 5. The van der Waals surface area contributed by atoms with Gasteiger partial charge in [0.25, 0.3) is 5.91 Å². The van der Waals surface area contributed by atoms with Crippen molar-refractivity contribution in [2.24, 2.45) is 0 Å². The molecule has 3 aliphatic rings. The number of hydrogen-bond donors (Lipinski definition) is 1. The molecule has 150 valence electrons. The minimum absolute atomic E-state index is 0. The first-order valence-electron chi connectivity index (χ1n) is 9.89. The number of carbonyl (C=O) groups is 1. The van der Waals surface area contributed by atoms with Crippen molar-refractivity contribution in [3.05, 3.63) is 29.8 Å². The molecule has 0 radical (unpaired) electrons. The maximum absolute atomic E-state index is 13.1. The number of piperazine rings is 1. The summed E-state index contributed by atoms with van der Waals surface area (Å²) in [4.78, 5) is 17.6. The zero-order chi connectivity index (χ0) is 17.8. The predicted octanol–water partition coefficient (Wildman–Crippen LogP) is 1.79. The fourth-order valence-electron chi connectivity index (χ4n) is 4.17. The van der Waals surface area contributed by atoms with E-state index in [9.17, 15) is 4.79 Å². The van der Waals surface area contributed by atoms with E-state index in [2.05, 4.69) is 10.2 Å². The lowest BCUT2D eigenvalue weighted by Crippen LogP contribution is -2.49. The first-order chi connectivity index (χ1) is 12.8. The SMILES string of the molecule is Cl.O=C(c1ccccc1OCC1CCCO1)N1CCC(N2CCNCC2)C1. The minimum atomic E-state index is 0. The molecule has 1 N–H and O–H groups in total. The van der Waals surface area contributed by atoms with Gasteiger partial charge in [0.2, 0.25) is 0 Å². The first kappa shape index (κ1) is 20.4. The Kier molecular flexibility index (Phi) is 7.35. The fourth-order valence-corrected chi connectivity index (χ4v) is 4.17. The van der Waals surface area contributed by atoms with Crippen molar-refractivity contribution in [1.29, 1.82) is 0 Å². The van der Waals surface area contributed by atoms with E-state index in [1.165, 1.54) is 0 Å². The predicted molar refractivity (Wildman–Crippen MR) is 107 cm³/mol. The third kappa shape index (κ3) is 4.93. The van der Waals surface area contributed by atoms with E-state index in [0.717, 1.165) is 65.1 Å².